The van der Waals surface area contributed by atoms with Gasteiger partial charge in [-0.2, -0.15) is 5.26 Å². The van der Waals surface area contributed by atoms with E-state index in [2.05, 4.69) is 11.4 Å². The smallest absolute Gasteiger partial charge is 0.252 e. The first-order chi connectivity index (χ1) is 8.08. The van der Waals surface area contributed by atoms with Crippen molar-refractivity contribution < 1.29 is 9.53 Å². The van der Waals surface area contributed by atoms with E-state index in [0.29, 0.717) is 11.3 Å². The zero-order valence-electron chi connectivity index (χ0n) is 10.2. The molecule has 1 aromatic carbocycles. The highest BCUT2D eigenvalue weighted by Crippen LogP contribution is 2.11. The Bertz CT molecular complexity index is 418. The van der Waals surface area contributed by atoms with Crippen LogP contribution in [0.25, 0.3) is 0 Å². The first-order valence-electron chi connectivity index (χ1n) is 5.43. The third kappa shape index (κ3) is 3.49. The quantitative estimate of drug-likeness (QED) is 0.863. The van der Waals surface area contributed by atoms with Gasteiger partial charge in [0.25, 0.3) is 5.91 Å². The van der Waals surface area contributed by atoms with Gasteiger partial charge < -0.3 is 10.1 Å². The Morgan fingerprint density at radius 3 is 2.35 bits per heavy atom. The van der Waals surface area contributed by atoms with Crippen molar-refractivity contribution in [3.05, 3.63) is 29.8 Å². The van der Waals surface area contributed by atoms with Crippen molar-refractivity contribution in [2.45, 2.75) is 19.9 Å². The largest absolute Gasteiger partial charge is 0.497 e. The van der Waals surface area contributed by atoms with Gasteiger partial charge in [0, 0.05) is 5.56 Å². The Morgan fingerprint density at radius 2 is 1.94 bits per heavy atom. The second kappa shape index (κ2) is 5.90. The maximum atomic E-state index is 11.8. The van der Waals surface area contributed by atoms with Gasteiger partial charge in [0.2, 0.25) is 0 Å². The molecule has 1 rings (SSSR count). The predicted molar refractivity (Wildman–Crippen MR) is 64.7 cm³/mol. The van der Waals surface area contributed by atoms with Crippen LogP contribution >= 0.6 is 0 Å². The van der Waals surface area contributed by atoms with E-state index in [-0.39, 0.29) is 11.8 Å². The molecule has 1 N–H and O–H groups in total. The van der Waals surface area contributed by atoms with Gasteiger partial charge in [-0.25, -0.2) is 0 Å². The lowest BCUT2D eigenvalue weighted by Gasteiger charge is -2.14. The Morgan fingerprint density at radius 1 is 1.35 bits per heavy atom. The van der Waals surface area contributed by atoms with Crippen LogP contribution in [0, 0.1) is 17.2 Å². The van der Waals surface area contributed by atoms with Crippen molar-refractivity contribution in [3.8, 4) is 11.8 Å². The number of nitrogens with zero attached hydrogens (tertiary/aromatic N) is 1. The van der Waals surface area contributed by atoms with Gasteiger partial charge in [0.05, 0.1) is 13.2 Å². The van der Waals surface area contributed by atoms with Crippen molar-refractivity contribution in [2.75, 3.05) is 7.11 Å². The summed E-state index contributed by atoms with van der Waals surface area (Å²) in [7, 11) is 1.57. The number of carbonyl (C=O) groups is 1. The van der Waals surface area contributed by atoms with Crippen LogP contribution in [0.4, 0.5) is 0 Å². The number of rotatable bonds is 4. The highest BCUT2D eigenvalue weighted by atomic mass is 16.5. The number of methoxy groups -OCH3 is 1. The number of hydrogen-bond acceptors (Lipinski definition) is 3. The molecule has 1 aromatic rings. The summed E-state index contributed by atoms with van der Waals surface area (Å²) in [6, 6.07) is 8.37. The summed E-state index contributed by atoms with van der Waals surface area (Å²) in [6.45, 7) is 3.78. The zero-order valence-corrected chi connectivity index (χ0v) is 10.2. The van der Waals surface area contributed by atoms with E-state index in [0.717, 1.165) is 0 Å². The van der Waals surface area contributed by atoms with E-state index in [1.807, 2.05) is 13.8 Å². The molecule has 0 bridgehead atoms. The monoisotopic (exact) mass is 232 g/mol. The predicted octanol–water partition coefficient (Wildman–Crippen LogP) is 1.97. The SMILES string of the molecule is COc1ccc(C(=O)NC(C#N)C(C)C)cc1. The Hall–Kier alpha value is -2.02. The van der Waals surface area contributed by atoms with Crippen LogP contribution in [0.15, 0.2) is 24.3 Å². The molecule has 90 valence electrons. The van der Waals surface area contributed by atoms with Crippen LogP contribution in [0.2, 0.25) is 0 Å². The lowest BCUT2D eigenvalue weighted by Crippen LogP contribution is -2.37. The summed E-state index contributed by atoms with van der Waals surface area (Å²) in [5.41, 5.74) is 0.520. The van der Waals surface area contributed by atoms with Gasteiger partial charge in [-0.3, -0.25) is 4.79 Å². The molecular formula is C13H16N2O2. The highest BCUT2D eigenvalue weighted by molar-refractivity contribution is 5.94. The molecule has 0 aromatic heterocycles. The first-order valence-corrected chi connectivity index (χ1v) is 5.43. The minimum Gasteiger partial charge on any atom is -0.497 e. The molecule has 0 fully saturated rings. The van der Waals surface area contributed by atoms with Crippen molar-refractivity contribution >= 4 is 5.91 Å². The molecule has 0 saturated heterocycles. The summed E-state index contributed by atoms with van der Waals surface area (Å²) < 4.78 is 5.01. The number of amides is 1. The van der Waals surface area contributed by atoms with E-state index in [1.54, 1.807) is 31.4 Å². The number of nitrogens with one attached hydrogen (secondary N) is 1. The summed E-state index contributed by atoms with van der Waals surface area (Å²) >= 11 is 0. The lowest BCUT2D eigenvalue weighted by atomic mass is 10.1. The Balaban J connectivity index is 2.73. The summed E-state index contributed by atoms with van der Waals surface area (Å²) in [5, 5.41) is 11.6. The molecule has 1 atom stereocenters. The first kappa shape index (κ1) is 13.0. The number of benzene rings is 1. The zero-order chi connectivity index (χ0) is 12.8. The van der Waals surface area contributed by atoms with Gasteiger partial charge in [0.15, 0.2) is 0 Å². The number of ether oxygens (including phenoxy) is 1. The van der Waals surface area contributed by atoms with Crippen LogP contribution in [0.5, 0.6) is 5.75 Å². The minimum atomic E-state index is -0.468. The van der Waals surface area contributed by atoms with Gasteiger partial charge in [-0.15, -0.1) is 0 Å². The van der Waals surface area contributed by atoms with E-state index >= 15 is 0 Å². The topological polar surface area (TPSA) is 62.1 Å². The van der Waals surface area contributed by atoms with Crippen LogP contribution in [-0.2, 0) is 0 Å². The van der Waals surface area contributed by atoms with Crippen LogP contribution in [0.3, 0.4) is 0 Å². The normalized spacial score (nSPS) is 11.7. The Kier molecular flexibility index (Phi) is 4.53. The number of carbonyl (C=O) groups excluding carboxylic acids is 1. The van der Waals surface area contributed by atoms with Crippen molar-refractivity contribution in [3.63, 3.8) is 0 Å². The van der Waals surface area contributed by atoms with Crippen molar-refractivity contribution in [1.82, 2.24) is 5.32 Å². The van der Waals surface area contributed by atoms with Gasteiger partial charge >= 0.3 is 0 Å². The fourth-order valence-corrected chi connectivity index (χ4v) is 1.31. The minimum absolute atomic E-state index is 0.0854. The van der Waals surface area contributed by atoms with Gasteiger partial charge in [-0.1, -0.05) is 13.8 Å². The molecular weight excluding hydrogens is 216 g/mol. The summed E-state index contributed by atoms with van der Waals surface area (Å²) in [6.07, 6.45) is 0. The molecule has 0 aliphatic carbocycles. The molecule has 0 spiro atoms. The molecule has 4 heteroatoms. The molecule has 1 unspecified atom stereocenters. The van der Waals surface area contributed by atoms with Gasteiger partial charge in [0.1, 0.15) is 11.8 Å². The van der Waals surface area contributed by atoms with E-state index in [4.69, 9.17) is 10.00 Å². The lowest BCUT2D eigenvalue weighted by molar-refractivity contribution is 0.0937. The van der Waals surface area contributed by atoms with Crippen LogP contribution < -0.4 is 10.1 Å². The second-order valence-electron chi connectivity index (χ2n) is 4.05. The van der Waals surface area contributed by atoms with E-state index in [9.17, 15) is 4.79 Å². The number of nitriles is 1. The summed E-state index contributed by atoms with van der Waals surface area (Å²) in [5.74, 6) is 0.539. The molecule has 0 radical (unpaired) electrons. The number of hydrogen-bond donors (Lipinski definition) is 1. The molecule has 4 nitrogen and oxygen atoms in total. The molecule has 0 saturated carbocycles. The average Bonchev–Trinajstić information content (AvgIpc) is 2.35. The average molecular weight is 232 g/mol. The second-order valence-corrected chi connectivity index (χ2v) is 4.05. The van der Waals surface area contributed by atoms with Crippen LogP contribution in [0.1, 0.15) is 24.2 Å². The fourth-order valence-electron chi connectivity index (χ4n) is 1.31. The molecule has 0 aliphatic rings. The Labute approximate surface area is 101 Å². The van der Waals surface area contributed by atoms with Gasteiger partial charge in [-0.05, 0) is 30.2 Å². The van der Waals surface area contributed by atoms with E-state index in [1.165, 1.54) is 0 Å². The molecule has 0 heterocycles. The maximum absolute atomic E-state index is 11.8. The third-order valence-corrected chi connectivity index (χ3v) is 2.44. The standard InChI is InChI=1S/C13H16N2O2/c1-9(2)12(8-14)15-13(16)10-4-6-11(17-3)7-5-10/h4-7,9,12H,1-3H3,(H,15,16). The maximum Gasteiger partial charge on any atom is 0.252 e. The fraction of sp³-hybridized carbons (Fsp3) is 0.385. The van der Waals surface area contributed by atoms with Crippen molar-refractivity contribution in [2.24, 2.45) is 5.92 Å². The van der Waals surface area contributed by atoms with Crippen molar-refractivity contribution in [1.29, 1.82) is 5.26 Å². The molecule has 1 amide bonds. The summed E-state index contributed by atoms with van der Waals surface area (Å²) in [4.78, 5) is 11.8. The van der Waals surface area contributed by atoms with Crippen LogP contribution in [-0.4, -0.2) is 19.1 Å². The van der Waals surface area contributed by atoms with E-state index < -0.39 is 6.04 Å². The molecule has 17 heavy (non-hydrogen) atoms. The highest BCUT2D eigenvalue weighted by Gasteiger charge is 2.16. The third-order valence-electron chi connectivity index (χ3n) is 2.44. The molecule has 0 aliphatic heterocycles.